The Labute approximate surface area is 83.0 Å². The van der Waals surface area contributed by atoms with Crippen molar-refractivity contribution in [3.63, 3.8) is 0 Å². The van der Waals surface area contributed by atoms with Crippen molar-refractivity contribution < 1.29 is 19.1 Å². The van der Waals surface area contributed by atoms with E-state index in [0.717, 1.165) is 0 Å². The second-order valence-corrected chi connectivity index (χ2v) is 3.17. The van der Waals surface area contributed by atoms with Gasteiger partial charge < -0.3 is 9.47 Å². The van der Waals surface area contributed by atoms with Crippen LogP contribution < -0.4 is 0 Å². The van der Waals surface area contributed by atoms with Gasteiger partial charge in [-0.05, 0) is 6.92 Å². The van der Waals surface area contributed by atoms with E-state index in [1.165, 1.54) is 0 Å². The lowest BCUT2D eigenvalue weighted by molar-refractivity contribution is -0.154. The lowest BCUT2D eigenvalue weighted by atomic mass is 10.1. The van der Waals surface area contributed by atoms with Gasteiger partial charge in [0.15, 0.2) is 0 Å². The third-order valence-corrected chi connectivity index (χ3v) is 1.46. The Hall–Kier alpha value is -0.710. The highest BCUT2D eigenvalue weighted by molar-refractivity contribution is 7.96. The second-order valence-electron chi connectivity index (χ2n) is 2.80. The number of carbonyl (C=O) groups is 2. The fourth-order valence-corrected chi connectivity index (χ4v) is 0.903. The van der Waals surface area contributed by atoms with Gasteiger partial charge in [0.2, 0.25) is 6.10 Å². The van der Waals surface area contributed by atoms with Gasteiger partial charge in [-0.15, -0.1) is 0 Å². The molecule has 0 aliphatic carbocycles. The van der Waals surface area contributed by atoms with Gasteiger partial charge in [0, 0.05) is 5.92 Å². The first-order chi connectivity index (χ1) is 5.99. The number of esters is 1. The largest absolute Gasteiger partial charge is 0.463 e. The minimum Gasteiger partial charge on any atom is -0.463 e. The van der Waals surface area contributed by atoms with Gasteiger partial charge in [-0.1, -0.05) is 26.5 Å². The molecular weight excluding hydrogens is 192 g/mol. The zero-order chi connectivity index (χ0) is 10.4. The molecule has 0 aliphatic rings. The molecule has 4 nitrogen and oxygen atoms in total. The summed E-state index contributed by atoms with van der Waals surface area (Å²) in [5.74, 6) is -0.643. The van der Waals surface area contributed by atoms with Crippen molar-refractivity contribution >= 4 is 23.9 Å². The van der Waals surface area contributed by atoms with Crippen LogP contribution in [0, 0.1) is 5.92 Å². The van der Waals surface area contributed by atoms with Crippen molar-refractivity contribution in [1.82, 2.24) is 0 Å². The summed E-state index contributed by atoms with van der Waals surface area (Å²) in [6.45, 7) is 5.49. The molecule has 0 saturated carbocycles. The molecule has 1 unspecified atom stereocenters. The summed E-state index contributed by atoms with van der Waals surface area (Å²) in [7, 11) is 0. The summed E-state index contributed by atoms with van der Waals surface area (Å²) in [4.78, 5) is 21.7. The van der Waals surface area contributed by atoms with Crippen molar-refractivity contribution in [2.75, 3.05) is 6.61 Å². The van der Waals surface area contributed by atoms with Crippen LogP contribution in [-0.2, 0) is 14.3 Å². The highest BCUT2D eigenvalue weighted by Gasteiger charge is 2.26. The summed E-state index contributed by atoms with van der Waals surface area (Å²) in [5, 5.41) is -0.772. The molecule has 0 heterocycles. The first-order valence-corrected chi connectivity index (χ1v) is 4.50. The molecule has 0 aromatic heterocycles. The van der Waals surface area contributed by atoms with Crippen molar-refractivity contribution in [2.24, 2.45) is 5.92 Å². The molecule has 1 atom stereocenters. The topological polar surface area (TPSA) is 52.6 Å². The van der Waals surface area contributed by atoms with E-state index in [-0.39, 0.29) is 12.5 Å². The summed E-state index contributed by atoms with van der Waals surface area (Å²) < 4.78 is 9.39. The zero-order valence-electron chi connectivity index (χ0n) is 7.94. The molecule has 0 radical (unpaired) electrons. The van der Waals surface area contributed by atoms with Gasteiger partial charge in [-0.3, -0.25) is 0 Å². The van der Waals surface area contributed by atoms with E-state index in [1.54, 1.807) is 20.8 Å². The summed E-state index contributed by atoms with van der Waals surface area (Å²) in [6.07, 6.45) is -0.857. The maximum atomic E-state index is 11.2. The van der Waals surface area contributed by atoms with Crippen LogP contribution in [-0.4, -0.2) is 24.0 Å². The molecule has 0 amide bonds. The Morgan fingerprint density at radius 1 is 1.38 bits per heavy atom. The molecular formula is C8H14O4S. The number of ether oxygens (including phenoxy) is 2. The van der Waals surface area contributed by atoms with Crippen LogP contribution in [0.3, 0.4) is 0 Å². The van der Waals surface area contributed by atoms with E-state index in [0.29, 0.717) is 0 Å². The second kappa shape index (κ2) is 5.85. The highest BCUT2D eigenvalue weighted by atomic mass is 32.1. The molecule has 0 N–H and O–H groups in total. The van der Waals surface area contributed by atoms with Crippen LogP contribution in [0.4, 0.5) is 4.79 Å². The molecule has 0 fully saturated rings. The van der Waals surface area contributed by atoms with E-state index >= 15 is 0 Å². The number of hydrogen-bond acceptors (Lipinski definition) is 4. The number of carbonyl (C=O) groups excluding carboxylic acids is 2. The van der Waals surface area contributed by atoms with Crippen LogP contribution in [0.1, 0.15) is 20.8 Å². The van der Waals surface area contributed by atoms with Crippen LogP contribution >= 0.6 is 12.6 Å². The average Bonchev–Trinajstić information content (AvgIpc) is 1.99. The Morgan fingerprint density at radius 3 is 2.23 bits per heavy atom. The van der Waals surface area contributed by atoms with Gasteiger partial charge in [0.05, 0.1) is 6.61 Å². The van der Waals surface area contributed by atoms with Crippen LogP contribution in [0.5, 0.6) is 0 Å². The number of thiol groups is 1. The lowest BCUT2D eigenvalue weighted by Gasteiger charge is -2.17. The van der Waals surface area contributed by atoms with Crippen LogP contribution in [0.25, 0.3) is 0 Å². The number of hydrogen-bond donors (Lipinski definition) is 1. The Balaban J connectivity index is 4.24. The standard InChI is InChI=1S/C8H14O4S/c1-4-11-7(9)6(5(2)3)12-8(10)13/h5-6H,4H2,1-3H3,(H,10,13). The van der Waals surface area contributed by atoms with Crippen LogP contribution in [0.15, 0.2) is 0 Å². The van der Waals surface area contributed by atoms with E-state index in [1.807, 2.05) is 0 Å². The monoisotopic (exact) mass is 206 g/mol. The first-order valence-electron chi connectivity index (χ1n) is 4.05. The fourth-order valence-electron chi connectivity index (χ4n) is 0.789. The quantitative estimate of drug-likeness (QED) is 0.561. The van der Waals surface area contributed by atoms with Gasteiger partial charge in [-0.2, -0.15) is 0 Å². The summed E-state index contributed by atoms with van der Waals surface area (Å²) in [6, 6.07) is 0. The van der Waals surface area contributed by atoms with E-state index < -0.39 is 17.4 Å². The normalized spacial score (nSPS) is 12.4. The minimum atomic E-state index is -0.857. The van der Waals surface area contributed by atoms with Gasteiger partial charge in [0.25, 0.3) is 0 Å². The molecule has 5 heteroatoms. The molecule has 13 heavy (non-hydrogen) atoms. The Morgan fingerprint density at radius 2 is 1.92 bits per heavy atom. The van der Waals surface area contributed by atoms with Crippen LogP contribution in [0.2, 0.25) is 0 Å². The molecule has 0 bridgehead atoms. The minimum absolute atomic E-state index is 0.116. The third-order valence-electron chi connectivity index (χ3n) is 1.35. The first kappa shape index (κ1) is 12.3. The van der Waals surface area contributed by atoms with E-state index in [4.69, 9.17) is 4.74 Å². The Kier molecular flexibility index (Phi) is 5.53. The smallest absolute Gasteiger partial charge is 0.365 e. The Bertz CT molecular complexity index is 191. The highest BCUT2D eigenvalue weighted by Crippen LogP contribution is 2.10. The molecule has 0 aromatic rings. The molecule has 0 rings (SSSR count). The SMILES string of the molecule is CCOC(=O)C(OC(=O)S)C(C)C. The van der Waals surface area contributed by atoms with Crippen molar-refractivity contribution in [3.05, 3.63) is 0 Å². The van der Waals surface area contributed by atoms with E-state index in [2.05, 4.69) is 17.4 Å². The molecule has 0 aliphatic heterocycles. The molecule has 76 valence electrons. The fraction of sp³-hybridized carbons (Fsp3) is 0.750. The van der Waals surface area contributed by atoms with E-state index in [9.17, 15) is 9.59 Å². The zero-order valence-corrected chi connectivity index (χ0v) is 8.84. The molecule has 0 spiro atoms. The van der Waals surface area contributed by atoms with Crippen molar-refractivity contribution in [1.29, 1.82) is 0 Å². The maximum absolute atomic E-state index is 11.2. The van der Waals surface area contributed by atoms with Gasteiger partial charge >= 0.3 is 11.3 Å². The lowest BCUT2D eigenvalue weighted by Crippen LogP contribution is -2.32. The van der Waals surface area contributed by atoms with Gasteiger partial charge in [0.1, 0.15) is 0 Å². The van der Waals surface area contributed by atoms with Crippen molar-refractivity contribution in [3.8, 4) is 0 Å². The average molecular weight is 206 g/mol. The third kappa shape index (κ3) is 4.77. The van der Waals surface area contributed by atoms with Gasteiger partial charge in [-0.25, -0.2) is 9.59 Å². The van der Waals surface area contributed by atoms with Crippen molar-refractivity contribution in [2.45, 2.75) is 26.9 Å². The molecule has 0 saturated heterocycles. The maximum Gasteiger partial charge on any atom is 0.365 e. The predicted octanol–water partition coefficient (Wildman–Crippen LogP) is 1.64. The summed E-state index contributed by atoms with van der Waals surface area (Å²) >= 11 is 3.43. The summed E-state index contributed by atoms with van der Waals surface area (Å²) in [5.41, 5.74) is 0. The molecule has 0 aromatic carbocycles. The number of rotatable bonds is 4. The predicted molar refractivity (Wildman–Crippen MR) is 50.7 cm³/mol.